The van der Waals surface area contributed by atoms with Crippen molar-refractivity contribution in [1.29, 1.82) is 0 Å². The molecular weight excluding hydrogens is 498 g/mol. The Morgan fingerprint density at radius 3 is 3.03 bits per heavy atom. The number of ether oxygens (including phenoxy) is 2. The van der Waals surface area contributed by atoms with Crippen molar-refractivity contribution < 1.29 is 13.9 Å². The molecule has 0 spiro atoms. The second kappa shape index (κ2) is 14.0. The van der Waals surface area contributed by atoms with Crippen LogP contribution in [-0.4, -0.2) is 64.6 Å². The smallest absolute Gasteiger partial charge is 0.191 e. The molecule has 2 aliphatic heterocycles. The monoisotopic (exact) mass is 534 g/mol. The van der Waals surface area contributed by atoms with Gasteiger partial charge < -0.3 is 25.0 Å². The Bertz CT molecular complexity index is 643. The number of hydrogen-bond donors (Lipinski definition) is 2. The predicted octanol–water partition coefficient (Wildman–Crippen LogP) is 3.41. The summed E-state index contributed by atoms with van der Waals surface area (Å²) in [7, 11) is 0. The van der Waals surface area contributed by atoms with E-state index in [4.69, 9.17) is 14.5 Å². The third kappa shape index (κ3) is 8.55. The summed E-state index contributed by atoms with van der Waals surface area (Å²) in [6, 6.07) is 7.14. The lowest BCUT2D eigenvalue weighted by Gasteiger charge is -2.35. The van der Waals surface area contributed by atoms with Crippen LogP contribution in [-0.2, 0) is 9.47 Å². The Balaban J connectivity index is 0.00000320. The van der Waals surface area contributed by atoms with Crippen LogP contribution in [0, 0.1) is 11.7 Å². The highest BCUT2D eigenvalue weighted by Crippen LogP contribution is 2.20. The standard InChI is InChI=1S/C22H35FN4O2.HI/c1-2-24-22(25-10-5-12-28-16-18-9-13-29-17-18)26-20-7-4-11-27(15-20)21-8-3-6-19(23)14-21;/h3,6,8,14,18,20H,2,4-5,7,9-13,15-17H2,1H3,(H2,24,25,26);1H. The number of benzene rings is 1. The van der Waals surface area contributed by atoms with Gasteiger partial charge in [0.1, 0.15) is 5.82 Å². The number of anilines is 1. The van der Waals surface area contributed by atoms with Crippen molar-refractivity contribution in [3.63, 3.8) is 0 Å². The highest BCUT2D eigenvalue weighted by molar-refractivity contribution is 14.0. The molecule has 2 unspecified atom stereocenters. The van der Waals surface area contributed by atoms with E-state index in [2.05, 4.69) is 22.5 Å². The third-order valence-corrected chi connectivity index (χ3v) is 5.37. The molecule has 2 fully saturated rings. The zero-order valence-electron chi connectivity index (χ0n) is 17.9. The highest BCUT2D eigenvalue weighted by atomic mass is 127. The molecule has 1 aromatic rings. The molecule has 0 aromatic heterocycles. The lowest BCUT2D eigenvalue weighted by atomic mass is 10.0. The number of halogens is 2. The summed E-state index contributed by atoms with van der Waals surface area (Å²) in [5.41, 5.74) is 0.947. The van der Waals surface area contributed by atoms with Crippen LogP contribution >= 0.6 is 24.0 Å². The maximum absolute atomic E-state index is 13.6. The Morgan fingerprint density at radius 2 is 2.27 bits per heavy atom. The van der Waals surface area contributed by atoms with Gasteiger partial charge in [-0.2, -0.15) is 0 Å². The summed E-state index contributed by atoms with van der Waals surface area (Å²) in [5, 5.41) is 6.89. The first-order chi connectivity index (χ1) is 14.2. The number of nitrogens with one attached hydrogen (secondary N) is 2. The summed E-state index contributed by atoms with van der Waals surface area (Å²) >= 11 is 0. The third-order valence-electron chi connectivity index (χ3n) is 5.37. The SMILES string of the molecule is CCNC(=NCCCOCC1CCOC1)NC1CCCN(c2cccc(F)c2)C1.I. The van der Waals surface area contributed by atoms with Crippen LogP contribution in [0.2, 0.25) is 0 Å². The molecule has 30 heavy (non-hydrogen) atoms. The molecule has 2 atom stereocenters. The molecule has 2 aliphatic rings. The minimum Gasteiger partial charge on any atom is -0.381 e. The molecule has 3 rings (SSSR count). The number of guanidine groups is 1. The summed E-state index contributed by atoms with van der Waals surface area (Å²) in [5.74, 6) is 1.22. The van der Waals surface area contributed by atoms with Crippen molar-refractivity contribution in [3.05, 3.63) is 30.1 Å². The van der Waals surface area contributed by atoms with E-state index in [-0.39, 0.29) is 29.8 Å². The Morgan fingerprint density at radius 1 is 1.37 bits per heavy atom. The molecule has 0 aliphatic carbocycles. The van der Waals surface area contributed by atoms with Gasteiger partial charge >= 0.3 is 0 Å². The van der Waals surface area contributed by atoms with Crippen LogP contribution in [0.25, 0.3) is 0 Å². The molecule has 6 nitrogen and oxygen atoms in total. The molecule has 2 N–H and O–H groups in total. The lowest BCUT2D eigenvalue weighted by molar-refractivity contribution is 0.0893. The topological polar surface area (TPSA) is 58.1 Å². The quantitative estimate of drug-likeness (QED) is 0.220. The zero-order valence-corrected chi connectivity index (χ0v) is 20.3. The van der Waals surface area contributed by atoms with Crippen LogP contribution in [0.3, 0.4) is 0 Å². The molecule has 0 saturated carbocycles. The number of nitrogens with zero attached hydrogens (tertiary/aromatic N) is 2. The maximum atomic E-state index is 13.6. The fraction of sp³-hybridized carbons (Fsp3) is 0.682. The van der Waals surface area contributed by atoms with Gasteiger partial charge in [-0.1, -0.05) is 6.07 Å². The number of rotatable bonds is 9. The van der Waals surface area contributed by atoms with Crippen molar-refractivity contribution in [3.8, 4) is 0 Å². The van der Waals surface area contributed by atoms with Crippen molar-refractivity contribution in [2.24, 2.45) is 10.9 Å². The van der Waals surface area contributed by atoms with Gasteiger partial charge in [0.15, 0.2) is 5.96 Å². The van der Waals surface area contributed by atoms with Gasteiger partial charge in [0.2, 0.25) is 0 Å². The normalized spacial score (nSPS) is 21.9. The van der Waals surface area contributed by atoms with E-state index in [1.54, 1.807) is 12.1 Å². The molecule has 0 amide bonds. The first-order valence-corrected chi connectivity index (χ1v) is 11.0. The first-order valence-electron chi connectivity index (χ1n) is 11.0. The van der Waals surface area contributed by atoms with Crippen LogP contribution in [0.4, 0.5) is 10.1 Å². The van der Waals surface area contributed by atoms with Gasteiger partial charge in [0, 0.05) is 57.0 Å². The van der Waals surface area contributed by atoms with E-state index in [0.29, 0.717) is 12.0 Å². The number of aliphatic imine (C=N–C) groups is 1. The minimum atomic E-state index is -0.185. The molecule has 0 bridgehead atoms. The van der Waals surface area contributed by atoms with Crippen LogP contribution in [0.5, 0.6) is 0 Å². The largest absolute Gasteiger partial charge is 0.381 e. The van der Waals surface area contributed by atoms with Crippen molar-refractivity contribution in [2.75, 3.05) is 57.5 Å². The van der Waals surface area contributed by atoms with Gasteiger partial charge in [-0.05, 0) is 50.8 Å². The number of hydrogen-bond acceptors (Lipinski definition) is 4. The maximum Gasteiger partial charge on any atom is 0.191 e. The summed E-state index contributed by atoms with van der Waals surface area (Å²) in [4.78, 5) is 6.94. The van der Waals surface area contributed by atoms with Gasteiger partial charge in [-0.15, -0.1) is 24.0 Å². The zero-order chi connectivity index (χ0) is 20.3. The van der Waals surface area contributed by atoms with E-state index in [0.717, 1.165) is 89.9 Å². The van der Waals surface area contributed by atoms with Crippen molar-refractivity contribution >= 4 is 35.6 Å². The molecule has 2 saturated heterocycles. The molecule has 0 radical (unpaired) electrons. The lowest BCUT2D eigenvalue weighted by Crippen LogP contribution is -2.51. The van der Waals surface area contributed by atoms with Gasteiger partial charge in [-0.3, -0.25) is 4.99 Å². The Labute approximate surface area is 197 Å². The van der Waals surface area contributed by atoms with E-state index in [1.807, 2.05) is 6.07 Å². The van der Waals surface area contributed by atoms with Crippen LogP contribution in [0.15, 0.2) is 29.3 Å². The van der Waals surface area contributed by atoms with Gasteiger partial charge in [0.05, 0.1) is 13.2 Å². The fourth-order valence-electron chi connectivity index (χ4n) is 3.84. The van der Waals surface area contributed by atoms with Crippen molar-refractivity contribution in [1.82, 2.24) is 10.6 Å². The van der Waals surface area contributed by atoms with Gasteiger partial charge in [-0.25, -0.2) is 4.39 Å². The van der Waals surface area contributed by atoms with E-state index in [1.165, 1.54) is 6.07 Å². The van der Waals surface area contributed by atoms with E-state index < -0.39 is 0 Å². The molecule has 2 heterocycles. The average molecular weight is 534 g/mol. The summed E-state index contributed by atoms with van der Waals surface area (Å²) in [6.45, 7) is 8.66. The fourth-order valence-corrected chi connectivity index (χ4v) is 3.84. The Kier molecular flexibility index (Phi) is 11.8. The molecule has 8 heteroatoms. The van der Waals surface area contributed by atoms with Crippen LogP contribution in [0.1, 0.15) is 32.6 Å². The van der Waals surface area contributed by atoms with Crippen LogP contribution < -0.4 is 15.5 Å². The summed E-state index contributed by atoms with van der Waals surface area (Å²) < 4.78 is 24.7. The van der Waals surface area contributed by atoms with E-state index >= 15 is 0 Å². The Hall–Kier alpha value is -1.13. The minimum absolute atomic E-state index is 0. The first kappa shape index (κ1) is 25.1. The molecule has 170 valence electrons. The van der Waals surface area contributed by atoms with Gasteiger partial charge in [0.25, 0.3) is 0 Å². The second-order valence-corrected chi connectivity index (χ2v) is 7.83. The molecule has 1 aromatic carbocycles. The highest BCUT2D eigenvalue weighted by Gasteiger charge is 2.21. The average Bonchev–Trinajstić information content (AvgIpc) is 3.24. The predicted molar refractivity (Wildman–Crippen MR) is 131 cm³/mol. The number of piperidine rings is 1. The second-order valence-electron chi connectivity index (χ2n) is 7.83. The van der Waals surface area contributed by atoms with E-state index in [9.17, 15) is 4.39 Å². The molecular formula is C22H36FIN4O2. The summed E-state index contributed by atoms with van der Waals surface area (Å²) in [6.07, 6.45) is 4.18. The van der Waals surface area contributed by atoms with Crippen molar-refractivity contribution in [2.45, 2.75) is 38.6 Å².